The summed E-state index contributed by atoms with van der Waals surface area (Å²) in [5, 5.41) is 31.3. The number of anilines is 3. The van der Waals surface area contributed by atoms with E-state index in [2.05, 4.69) is 13.2 Å². The molecule has 9 heteroatoms. The van der Waals surface area contributed by atoms with E-state index in [-0.39, 0.29) is 17.3 Å². The highest BCUT2D eigenvalue weighted by Crippen LogP contribution is 2.32. The van der Waals surface area contributed by atoms with Gasteiger partial charge in [0.2, 0.25) is 17.8 Å². The fourth-order valence-electron chi connectivity index (χ4n) is 4.04. The van der Waals surface area contributed by atoms with Gasteiger partial charge >= 0.3 is 0 Å². The molecule has 0 aliphatic heterocycles. The van der Waals surface area contributed by atoms with Gasteiger partial charge in [0.05, 0.1) is 16.6 Å². The van der Waals surface area contributed by atoms with Gasteiger partial charge in [-0.3, -0.25) is 0 Å². The molecule has 1 heterocycles. The van der Waals surface area contributed by atoms with Crippen molar-refractivity contribution in [3.8, 4) is 0 Å². The molecule has 0 aromatic carbocycles. The predicted octanol–water partition coefficient (Wildman–Crippen LogP) is 6.15. The largest absolute Gasteiger partial charge is 0.512 e. The maximum atomic E-state index is 10.7. The summed E-state index contributed by atoms with van der Waals surface area (Å²) in [5.74, 6) is 1.52. The molecule has 2 unspecified atom stereocenters. The lowest BCUT2D eigenvalue weighted by Gasteiger charge is -2.33. The van der Waals surface area contributed by atoms with Gasteiger partial charge in [0.1, 0.15) is 11.5 Å². The van der Waals surface area contributed by atoms with Crippen molar-refractivity contribution < 1.29 is 15.3 Å². The average Bonchev–Trinajstić information content (AvgIpc) is 3.10. The van der Waals surface area contributed by atoms with E-state index in [1.807, 2.05) is 88.2 Å². The Morgan fingerprint density at radius 3 is 2.22 bits per heavy atom. The van der Waals surface area contributed by atoms with Crippen molar-refractivity contribution in [1.29, 1.82) is 0 Å². The van der Waals surface area contributed by atoms with E-state index in [9.17, 15) is 15.3 Å². The summed E-state index contributed by atoms with van der Waals surface area (Å²) in [5.41, 5.74) is -1.46. The van der Waals surface area contributed by atoms with E-state index in [0.29, 0.717) is 37.5 Å². The van der Waals surface area contributed by atoms with Crippen LogP contribution < -0.4 is 14.7 Å². The molecule has 1 aliphatic carbocycles. The van der Waals surface area contributed by atoms with Crippen molar-refractivity contribution in [2.75, 3.05) is 55.5 Å². The molecule has 1 aromatic heterocycles. The minimum atomic E-state index is -0.788. The zero-order chi connectivity index (χ0) is 30.6. The lowest BCUT2D eigenvalue weighted by molar-refractivity contribution is 0.289. The normalized spacial score (nSPS) is 18.9. The number of nitrogens with zero attached hydrogens (tertiary/aromatic N) is 6. The monoisotopic (exact) mass is 560 g/mol. The zero-order valence-electron chi connectivity index (χ0n) is 25.1. The van der Waals surface area contributed by atoms with Gasteiger partial charge in [0, 0.05) is 40.8 Å². The van der Waals surface area contributed by atoms with E-state index < -0.39 is 10.8 Å². The molecular formula is C32H44N6O3. The Bertz CT molecular complexity index is 1290. The molecule has 1 aliphatic rings. The predicted molar refractivity (Wildman–Crippen MR) is 171 cm³/mol. The number of rotatable bonds is 14. The van der Waals surface area contributed by atoms with Crippen LogP contribution in [0.15, 0.2) is 109 Å². The summed E-state index contributed by atoms with van der Waals surface area (Å²) in [7, 11) is 5.52. The Morgan fingerprint density at radius 1 is 0.976 bits per heavy atom. The van der Waals surface area contributed by atoms with Crippen LogP contribution in [0.4, 0.5) is 17.8 Å². The smallest absolute Gasteiger partial charge is 0.231 e. The van der Waals surface area contributed by atoms with E-state index in [4.69, 9.17) is 15.0 Å². The first-order valence-corrected chi connectivity index (χ1v) is 13.4. The highest BCUT2D eigenvalue weighted by molar-refractivity contribution is 5.47. The van der Waals surface area contributed by atoms with Crippen molar-refractivity contribution in [2.45, 2.75) is 20.8 Å². The highest BCUT2D eigenvalue weighted by Gasteiger charge is 2.31. The fraction of sp³-hybridized carbons (Fsp3) is 0.344. The van der Waals surface area contributed by atoms with Crippen LogP contribution in [0.3, 0.4) is 0 Å². The lowest BCUT2D eigenvalue weighted by Crippen LogP contribution is -2.37. The van der Waals surface area contributed by atoms with Gasteiger partial charge in [0.15, 0.2) is 0 Å². The quantitative estimate of drug-likeness (QED) is 0.182. The van der Waals surface area contributed by atoms with E-state index in [1.165, 1.54) is 0 Å². The Balaban J connectivity index is 2.49. The molecule has 41 heavy (non-hydrogen) atoms. The van der Waals surface area contributed by atoms with Crippen molar-refractivity contribution in [1.82, 2.24) is 15.0 Å². The van der Waals surface area contributed by atoms with Crippen LogP contribution in [0.25, 0.3) is 0 Å². The highest BCUT2D eigenvalue weighted by atomic mass is 16.3. The molecule has 3 N–H and O–H groups in total. The summed E-state index contributed by atoms with van der Waals surface area (Å²) in [6.07, 6.45) is 23.2. The third kappa shape index (κ3) is 9.27. The second-order valence-corrected chi connectivity index (χ2v) is 10.5. The van der Waals surface area contributed by atoms with E-state index in [1.54, 1.807) is 47.4 Å². The summed E-state index contributed by atoms with van der Waals surface area (Å²) < 4.78 is 0. The first-order chi connectivity index (χ1) is 19.3. The molecule has 0 saturated carbocycles. The Kier molecular flexibility index (Phi) is 11.7. The second-order valence-electron chi connectivity index (χ2n) is 10.5. The van der Waals surface area contributed by atoms with Gasteiger partial charge in [-0.25, -0.2) is 0 Å². The molecule has 9 nitrogen and oxygen atoms in total. The molecule has 0 spiro atoms. The van der Waals surface area contributed by atoms with Gasteiger partial charge < -0.3 is 30.0 Å². The van der Waals surface area contributed by atoms with Gasteiger partial charge in [-0.2, -0.15) is 15.0 Å². The van der Waals surface area contributed by atoms with E-state index in [0.717, 1.165) is 0 Å². The topological polar surface area (TPSA) is 109 Å². The summed E-state index contributed by atoms with van der Waals surface area (Å²) in [6.45, 7) is 14.3. The van der Waals surface area contributed by atoms with Gasteiger partial charge in [-0.05, 0) is 39.0 Å². The second kappa shape index (κ2) is 14.7. The molecule has 0 fully saturated rings. The standard InChI is InChI=1S/C32H44N6O3/c1-9-11-14-17-26(40)19-22-36(6)28-33-29(37(7)23-31(4,25(3)39)20-12-10-2)35-30(34-28)38(8)24-32(5)21-16-13-15-18-27(32)41/h9-21,39-41H,2-3,22-24H2,1,4-8H3/b11-9-,17-14-,20-12-,26-19-. The SMILES string of the molecule is C=C/C=C\C(C)(CN(C)c1nc(N(C)C/C=C(O)/C=C\C=C/C)nc(N(C)CC2(C)C=CC=CC=C2O)n1)C(=C)O. The fourth-order valence-corrected chi connectivity index (χ4v) is 4.04. The van der Waals surface area contributed by atoms with Crippen molar-refractivity contribution in [2.24, 2.45) is 10.8 Å². The third-order valence-corrected chi connectivity index (χ3v) is 6.69. The van der Waals surface area contributed by atoms with Gasteiger partial charge in [-0.1, -0.05) is 73.9 Å². The summed E-state index contributed by atoms with van der Waals surface area (Å²) in [4.78, 5) is 19.7. The molecule has 0 amide bonds. The molecule has 1 aromatic rings. The number of aliphatic hydroxyl groups excluding tert-OH is 3. The molecular weight excluding hydrogens is 516 g/mol. The Labute approximate surface area is 244 Å². The Morgan fingerprint density at radius 2 is 1.61 bits per heavy atom. The number of hydrogen-bond acceptors (Lipinski definition) is 9. The first kappa shape index (κ1) is 32.7. The van der Waals surface area contributed by atoms with Crippen molar-refractivity contribution in [3.63, 3.8) is 0 Å². The average molecular weight is 561 g/mol. The van der Waals surface area contributed by atoms with Crippen LogP contribution in [-0.4, -0.2) is 71.0 Å². The molecule has 0 bridgehead atoms. The lowest BCUT2D eigenvalue weighted by atomic mass is 9.87. The van der Waals surface area contributed by atoms with Crippen molar-refractivity contribution >= 4 is 17.8 Å². The maximum Gasteiger partial charge on any atom is 0.231 e. The summed E-state index contributed by atoms with van der Waals surface area (Å²) >= 11 is 0. The zero-order valence-corrected chi connectivity index (χ0v) is 25.1. The molecule has 220 valence electrons. The minimum absolute atomic E-state index is 0.00159. The summed E-state index contributed by atoms with van der Waals surface area (Å²) in [6, 6.07) is 0. The molecule has 0 radical (unpaired) electrons. The van der Waals surface area contributed by atoms with Crippen LogP contribution in [-0.2, 0) is 0 Å². The number of aliphatic hydroxyl groups is 3. The van der Waals surface area contributed by atoms with Crippen LogP contribution >= 0.6 is 0 Å². The van der Waals surface area contributed by atoms with Crippen molar-refractivity contribution in [3.05, 3.63) is 109 Å². The van der Waals surface area contributed by atoms with Crippen LogP contribution in [0.2, 0.25) is 0 Å². The van der Waals surface area contributed by atoms with Gasteiger partial charge in [0.25, 0.3) is 0 Å². The van der Waals surface area contributed by atoms with Gasteiger partial charge in [-0.15, -0.1) is 0 Å². The third-order valence-electron chi connectivity index (χ3n) is 6.69. The number of aromatic nitrogens is 3. The Hall–Kier alpha value is -4.53. The van der Waals surface area contributed by atoms with Crippen LogP contribution in [0.1, 0.15) is 20.8 Å². The molecule has 2 atom stereocenters. The first-order valence-electron chi connectivity index (χ1n) is 13.4. The minimum Gasteiger partial charge on any atom is -0.512 e. The number of allylic oxidation sites excluding steroid dienone is 10. The maximum absolute atomic E-state index is 10.7. The van der Waals surface area contributed by atoms with Crippen LogP contribution in [0, 0.1) is 10.8 Å². The van der Waals surface area contributed by atoms with E-state index >= 15 is 0 Å². The molecule has 0 saturated heterocycles. The van der Waals surface area contributed by atoms with Crippen LogP contribution in [0.5, 0.6) is 0 Å². The number of likely N-dealkylation sites (N-methyl/N-ethyl adjacent to an activating group) is 1. The number of hydrogen-bond donors (Lipinski definition) is 3. The molecule has 2 rings (SSSR count).